The molecule has 0 aromatic carbocycles. The molecule has 0 aliphatic heterocycles. The molecule has 1 atom stereocenters. The van der Waals surface area contributed by atoms with E-state index in [1.54, 1.807) is 0 Å². The van der Waals surface area contributed by atoms with Crippen molar-refractivity contribution in [2.45, 2.75) is 85.2 Å². The molecule has 1 fully saturated rings. The van der Waals surface area contributed by atoms with Gasteiger partial charge in [-0.25, -0.2) is 0 Å². The molecule has 0 heterocycles. The summed E-state index contributed by atoms with van der Waals surface area (Å²) in [6.45, 7) is 15.4. The summed E-state index contributed by atoms with van der Waals surface area (Å²) in [4.78, 5) is 2.71. The largest absolute Gasteiger partial charge is 0.312 e. The fourth-order valence-corrected chi connectivity index (χ4v) is 3.00. The van der Waals surface area contributed by atoms with E-state index < -0.39 is 0 Å². The maximum Gasteiger partial charge on any atom is 0.0192 e. The second-order valence-electron chi connectivity index (χ2n) is 7.64. The Labute approximate surface area is 127 Å². The number of hydrogen-bond acceptors (Lipinski definition) is 2. The van der Waals surface area contributed by atoms with E-state index in [1.165, 1.54) is 58.2 Å². The van der Waals surface area contributed by atoms with Gasteiger partial charge in [0, 0.05) is 18.6 Å². The highest BCUT2D eigenvalue weighted by atomic mass is 15.2. The van der Waals surface area contributed by atoms with E-state index in [0.717, 1.165) is 17.9 Å². The number of nitrogens with zero attached hydrogens (tertiary/aromatic N) is 1. The van der Waals surface area contributed by atoms with Gasteiger partial charge in [0.15, 0.2) is 0 Å². The van der Waals surface area contributed by atoms with Gasteiger partial charge in [-0.3, -0.25) is 4.90 Å². The normalized spacial score (nSPS) is 18.6. The minimum Gasteiger partial charge on any atom is -0.312 e. The Balaban J connectivity index is 2.33. The van der Waals surface area contributed by atoms with Crippen LogP contribution in [0.2, 0.25) is 0 Å². The van der Waals surface area contributed by atoms with Gasteiger partial charge in [0.05, 0.1) is 0 Å². The van der Waals surface area contributed by atoms with Crippen LogP contribution in [0.5, 0.6) is 0 Å². The van der Waals surface area contributed by atoms with Crippen molar-refractivity contribution in [3.63, 3.8) is 0 Å². The van der Waals surface area contributed by atoms with Gasteiger partial charge in [0.25, 0.3) is 0 Å². The van der Waals surface area contributed by atoms with Gasteiger partial charge in [0.1, 0.15) is 0 Å². The lowest BCUT2D eigenvalue weighted by Crippen LogP contribution is -2.44. The molecular formula is C18H38N2. The molecule has 0 bridgehead atoms. The van der Waals surface area contributed by atoms with Gasteiger partial charge in [0.2, 0.25) is 0 Å². The lowest BCUT2D eigenvalue weighted by atomic mass is 10.1. The molecule has 0 spiro atoms. The smallest absolute Gasteiger partial charge is 0.0192 e. The van der Waals surface area contributed by atoms with Gasteiger partial charge in [-0.1, -0.05) is 40.5 Å². The fraction of sp³-hybridized carbons (Fsp3) is 1.00. The maximum absolute atomic E-state index is 3.80. The van der Waals surface area contributed by atoms with E-state index in [4.69, 9.17) is 0 Å². The number of nitrogens with one attached hydrogen (secondary N) is 1. The Morgan fingerprint density at radius 3 is 1.85 bits per heavy atom. The summed E-state index contributed by atoms with van der Waals surface area (Å²) >= 11 is 0. The molecule has 2 heteroatoms. The second kappa shape index (κ2) is 9.78. The molecule has 0 aromatic rings. The highest BCUT2D eigenvalue weighted by molar-refractivity contribution is 4.77. The van der Waals surface area contributed by atoms with Crippen molar-refractivity contribution >= 4 is 0 Å². The summed E-state index contributed by atoms with van der Waals surface area (Å²) in [7, 11) is 0. The van der Waals surface area contributed by atoms with Crippen molar-refractivity contribution < 1.29 is 0 Å². The van der Waals surface area contributed by atoms with E-state index in [1.807, 2.05) is 0 Å². The van der Waals surface area contributed by atoms with E-state index in [2.05, 4.69) is 44.8 Å². The zero-order valence-corrected chi connectivity index (χ0v) is 14.6. The standard InChI is InChI=1S/C18H38N2/c1-15(2)10-12-20(13-11-16(3)4)17(5)14-19-18-8-6-7-9-18/h15-19H,6-14H2,1-5H3. The predicted molar refractivity (Wildman–Crippen MR) is 90.2 cm³/mol. The van der Waals surface area contributed by atoms with Gasteiger partial charge in [-0.15, -0.1) is 0 Å². The summed E-state index contributed by atoms with van der Waals surface area (Å²) in [6, 6.07) is 1.47. The molecule has 0 aromatic heterocycles. The van der Waals surface area contributed by atoms with Crippen molar-refractivity contribution in [1.82, 2.24) is 10.2 Å². The lowest BCUT2D eigenvalue weighted by Gasteiger charge is -2.31. The molecule has 1 rings (SSSR count). The van der Waals surface area contributed by atoms with E-state index in [0.29, 0.717) is 6.04 Å². The Morgan fingerprint density at radius 2 is 1.40 bits per heavy atom. The van der Waals surface area contributed by atoms with E-state index in [-0.39, 0.29) is 0 Å². The van der Waals surface area contributed by atoms with Crippen LogP contribution in [0.15, 0.2) is 0 Å². The lowest BCUT2D eigenvalue weighted by molar-refractivity contribution is 0.181. The van der Waals surface area contributed by atoms with Gasteiger partial charge < -0.3 is 5.32 Å². The van der Waals surface area contributed by atoms with Gasteiger partial charge in [-0.2, -0.15) is 0 Å². The molecule has 0 radical (unpaired) electrons. The zero-order valence-electron chi connectivity index (χ0n) is 14.6. The predicted octanol–water partition coefficient (Wildman–Crippen LogP) is 4.30. The highest BCUT2D eigenvalue weighted by Crippen LogP contribution is 2.18. The van der Waals surface area contributed by atoms with Crippen molar-refractivity contribution in [2.24, 2.45) is 11.8 Å². The van der Waals surface area contributed by atoms with E-state index in [9.17, 15) is 0 Å². The first-order valence-corrected chi connectivity index (χ1v) is 8.96. The molecule has 1 saturated carbocycles. The third-order valence-electron chi connectivity index (χ3n) is 4.67. The SMILES string of the molecule is CC(C)CCN(CCC(C)C)C(C)CNC1CCCC1. The van der Waals surface area contributed by atoms with Gasteiger partial charge in [-0.05, 0) is 57.5 Å². The highest BCUT2D eigenvalue weighted by Gasteiger charge is 2.18. The monoisotopic (exact) mass is 282 g/mol. The Kier molecular flexibility index (Phi) is 8.79. The Morgan fingerprint density at radius 1 is 0.900 bits per heavy atom. The number of hydrogen-bond donors (Lipinski definition) is 1. The van der Waals surface area contributed by atoms with Crippen molar-refractivity contribution in [3.8, 4) is 0 Å². The van der Waals surface area contributed by atoms with Crippen LogP contribution >= 0.6 is 0 Å². The first-order valence-electron chi connectivity index (χ1n) is 8.96. The molecule has 2 nitrogen and oxygen atoms in total. The molecule has 1 aliphatic carbocycles. The van der Waals surface area contributed by atoms with Crippen LogP contribution in [-0.2, 0) is 0 Å². The number of rotatable bonds is 10. The zero-order chi connectivity index (χ0) is 15.0. The van der Waals surface area contributed by atoms with Crippen molar-refractivity contribution in [1.29, 1.82) is 0 Å². The second-order valence-corrected chi connectivity index (χ2v) is 7.64. The first-order chi connectivity index (χ1) is 9.49. The third kappa shape index (κ3) is 7.64. The molecule has 1 aliphatic rings. The molecule has 0 amide bonds. The molecule has 1 unspecified atom stereocenters. The minimum atomic E-state index is 0.674. The fourth-order valence-electron chi connectivity index (χ4n) is 3.00. The Hall–Kier alpha value is -0.0800. The van der Waals surface area contributed by atoms with Crippen LogP contribution in [0.25, 0.3) is 0 Å². The molecule has 1 N–H and O–H groups in total. The minimum absolute atomic E-state index is 0.674. The Bertz CT molecular complexity index is 220. The average Bonchev–Trinajstić information content (AvgIpc) is 2.88. The van der Waals surface area contributed by atoms with Crippen LogP contribution < -0.4 is 5.32 Å². The van der Waals surface area contributed by atoms with Crippen molar-refractivity contribution in [3.05, 3.63) is 0 Å². The summed E-state index contributed by atoms with van der Waals surface area (Å²) in [6.07, 6.45) is 8.29. The summed E-state index contributed by atoms with van der Waals surface area (Å²) in [5.74, 6) is 1.62. The van der Waals surface area contributed by atoms with Gasteiger partial charge >= 0.3 is 0 Å². The summed E-state index contributed by atoms with van der Waals surface area (Å²) in [5.41, 5.74) is 0. The molecule has 0 saturated heterocycles. The molecule has 20 heavy (non-hydrogen) atoms. The van der Waals surface area contributed by atoms with Crippen LogP contribution in [0.3, 0.4) is 0 Å². The average molecular weight is 283 g/mol. The maximum atomic E-state index is 3.80. The summed E-state index contributed by atoms with van der Waals surface area (Å²) < 4.78 is 0. The topological polar surface area (TPSA) is 15.3 Å². The first kappa shape index (κ1) is 18.0. The third-order valence-corrected chi connectivity index (χ3v) is 4.67. The van der Waals surface area contributed by atoms with Crippen LogP contribution in [0.1, 0.15) is 73.1 Å². The summed E-state index contributed by atoms with van der Waals surface area (Å²) in [5, 5.41) is 3.80. The molecular weight excluding hydrogens is 244 g/mol. The van der Waals surface area contributed by atoms with Crippen molar-refractivity contribution in [2.75, 3.05) is 19.6 Å². The van der Waals surface area contributed by atoms with Crippen LogP contribution in [0.4, 0.5) is 0 Å². The van der Waals surface area contributed by atoms with E-state index >= 15 is 0 Å². The van der Waals surface area contributed by atoms with Crippen LogP contribution in [-0.4, -0.2) is 36.6 Å². The molecule has 120 valence electrons. The quantitative estimate of drug-likeness (QED) is 0.642. The van der Waals surface area contributed by atoms with Crippen LogP contribution in [0, 0.1) is 11.8 Å².